The molecule has 0 aliphatic carbocycles. The highest BCUT2D eigenvalue weighted by Gasteiger charge is 2.22. The van der Waals surface area contributed by atoms with E-state index in [1.165, 1.54) is 6.07 Å². The number of methoxy groups -OCH3 is 1. The number of rotatable bonds is 3. The Labute approximate surface area is 132 Å². The molecule has 3 rings (SSSR count). The van der Waals surface area contributed by atoms with Gasteiger partial charge in [0, 0.05) is 18.0 Å². The van der Waals surface area contributed by atoms with Crippen LogP contribution in [-0.4, -0.2) is 20.1 Å². The lowest BCUT2D eigenvalue weighted by molar-refractivity contribution is 0.0964. The zero-order valence-electron chi connectivity index (χ0n) is 13.1. The van der Waals surface area contributed by atoms with E-state index in [1.54, 1.807) is 51.4 Å². The van der Waals surface area contributed by atoms with Crippen molar-refractivity contribution in [2.24, 2.45) is 0 Å². The first-order chi connectivity index (χ1) is 11.0. The van der Waals surface area contributed by atoms with E-state index in [4.69, 9.17) is 9.15 Å². The van der Waals surface area contributed by atoms with Gasteiger partial charge in [-0.15, -0.1) is 0 Å². The predicted molar refractivity (Wildman–Crippen MR) is 86.3 cm³/mol. The lowest BCUT2D eigenvalue weighted by Gasteiger charge is -2.04. The summed E-state index contributed by atoms with van der Waals surface area (Å²) < 4.78 is 24.9. The summed E-state index contributed by atoms with van der Waals surface area (Å²) in [5.74, 6) is 0.313. The van der Waals surface area contributed by atoms with Crippen LogP contribution in [0.4, 0.5) is 4.39 Å². The third-order valence-electron chi connectivity index (χ3n) is 3.78. The van der Waals surface area contributed by atoms with Crippen molar-refractivity contribution >= 4 is 16.9 Å². The van der Waals surface area contributed by atoms with Crippen LogP contribution in [-0.2, 0) is 0 Å². The fourth-order valence-corrected chi connectivity index (χ4v) is 2.49. The Bertz CT molecular complexity index is 899. The Balaban J connectivity index is 2.30. The molecule has 0 aliphatic rings. The molecule has 0 fully saturated rings. The highest BCUT2D eigenvalue weighted by atomic mass is 19.1. The van der Waals surface area contributed by atoms with Gasteiger partial charge in [-0.3, -0.25) is 4.79 Å². The number of carbonyl (C=O) groups excluding carboxylic acids is 1. The van der Waals surface area contributed by atoms with E-state index in [1.807, 2.05) is 0 Å². The SMILES string of the molecule is CNC(=O)c1c(-c2ccc(C)c(F)c2)oc2ccc(OC)cc12. The van der Waals surface area contributed by atoms with E-state index in [2.05, 4.69) is 5.32 Å². The number of aryl methyl sites for hydroxylation is 1. The second-order valence-electron chi connectivity index (χ2n) is 5.21. The van der Waals surface area contributed by atoms with Gasteiger partial charge in [-0.2, -0.15) is 0 Å². The number of furan rings is 1. The van der Waals surface area contributed by atoms with Gasteiger partial charge < -0.3 is 14.5 Å². The molecule has 0 radical (unpaired) electrons. The number of fused-ring (bicyclic) bond motifs is 1. The molecule has 0 unspecified atom stereocenters. The van der Waals surface area contributed by atoms with Crippen LogP contribution < -0.4 is 10.1 Å². The molecule has 0 aliphatic heterocycles. The largest absolute Gasteiger partial charge is 0.497 e. The quantitative estimate of drug-likeness (QED) is 0.797. The van der Waals surface area contributed by atoms with Gasteiger partial charge in [0.2, 0.25) is 0 Å². The van der Waals surface area contributed by atoms with Gasteiger partial charge in [0.05, 0.1) is 12.7 Å². The normalized spacial score (nSPS) is 10.8. The van der Waals surface area contributed by atoms with E-state index in [0.29, 0.717) is 39.2 Å². The fraction of sp³-hybridized carbons (Fsp3) is 0.167. The summed E-state index contributed by atoms with van der Waals surface area (Å²) in [4.78, 5) is 12.3. The van der Waals surface area contributed by atoms with Crippen LogP contribution in [0.2, 0.25) is 0 Å². The minimum absolute atomic E-state index is 0.298. The highest BCUT2D eigenvalue weighted by molar-refractivity contribution is 6.11. The Kier molecular flexibility index (Phi) is 3.78. The van der Waals surface area contributed by atoms with Gasteiger partial charge in [-0.1, -0.05) is 12.1 Å². The second-order valence-corrected chi connectivity index (χ2v) is 5.21. The van der Waals surface area contributed by atoms with Crippen LogP contribution >= 0.6 is 0 Å². The van der Waals surface area contributed by atoms with E-state index in [0.717, 1.165) is 0 Å². The van der Waals surface area contributed by atoms with Crippen molar-refractivity contribution in [3.63, 3.8) is 0 Å². The number of ether oxygens (including phenoxy) is 1. The summed E-state index contributed by atoms with van der Waals surface area (Å²) in [6, 6.07) is 9.98. The van der Waals surface area contributed by atoms with Crippen LogP contribution in [0.5, 0.6) is 5.75 Å². The summed E-state index contributed by atoms with van der Waals surface area (Å²) in [6.07, 6.45) is 0. The first kappa shape index (κ1) is 15.1. The van der Waals surface area contributed by atoms with Gasteiger partial charge in [0.25, 0.3) is 5.91 Å². The van der Waals surface area contributed by atoms with Crippen molar-refractivity contribution in [1.82, 2.24) is 5.32 Å². The molecule has 3 aromatic rings. The fourth-order valence-electron chi connectivity index (χ4n) is 2.49. The summed E-state index contributed by atoms with van der Waals surface area (Å²) in [7, 11) is 3.10. The maximum absolute atomic E-state index is 13.9. The molecule has 0 saturated carbocycles. The minimum Gasteiger partial charge on any atom is -0.497 e. The van der Waals surface area contributed by atoms with E-state index >= 15 is 0 Å². The standard InChI is InChI=1S/C18H16FNO3/c1-10-4-5-11(8-14(10)19)17-16(18(21)20-2)13-9-12(22-3)6-7-15(13)23-17/h4-9H,1-3H3,(H,20,21). The summed E-state index contributed by atoms with van der Waals surface area (Å²) >= 11 is 0. The van der Waals surface area contributed by atoms with E-state index in [-0.39, 0.29) is 11.7 Å². The number of hydrogen-bond donors (Lipinski definition) is 1. The molecule has 5 heteroatoms. The number of nitrogens with one attached hydrogen (secondary N) is 1. The third kappa shape index (κ3) is 2.54. The molecule has 1 N–H and O–H groups in total. The van der Waals surface area contributed by atoms with E-state index in [9.17, 15) is 9.18 Å². The Hall–Kier alpha value is -2.82. The zero-order valence-corrected chi connectivity index (χ0v) is 13.1. The Morgan fingerprint density at radius 3 is 2.65 bits per heavy atom. The van der Waals surface area contributed by atoms with Crippen molar-refractivity contribution in [2.45, 2.75) is 6.92 Å². The molecule has 0 saturated heterocycles. The van der Waals surface area contributed by atoms with Gasteiger partial charge in [-0.05, 0) is 36.8 Å². The summed E-state index contributed by atoms with van der Waals surface area (Å²) in [5, 5.41) is 3.22. The second kappa shape index (κ2) is 5.76. The summed E-state index contributed by atoms with van der Waals surface area (Å²) in [6.45, 7) is 1.68. The molecular weight excluding hydrogens is 297 g/mol. The first-order valence-corrected chi connectivity index (χ1v) is 7.14. The van der Waals surface area contributed by atoms with E-state index < -0.39 is 0 Å². The molecule has 1 aromatic heterocycles. The molecule has 23 heavy (non-hydrogen) atoms. The number of benzene rings is 2. The average molecular weight is 313 g/mol. The van der Waals surface area contributed by atoms with Crippen LogP contribution in [0, 0.1) is 12.7 Å². The smallest absolute Gasteiger partial charge is 0.255 e. The molecule has 2 aromatic carbocycles. The Morgan fingerprint density at radius 2 is 2.00 bits per heavy atom. The van der Waals surface area contributed by atoms with Crippen LogP contribution in [0.25, 0.3) is 22.3 Å². The molecular formula is C18H16FNO3. The first-order valence-electron chi connectivity index (χ1n) is 7.14. The maximum Gasteiger partial charge on any atom is 0.255 e. The monoisotopic (exact) mass is 313 g/mol. The van der Waals surface area contributed by atoms with Gasteiger partial charge >= 0.3 is 0 Å². The minimum atomic E-state index is -0.344. The van der Waals surface area contributed by atoms with Crippen molar-refractivity contribution < 1.29 is 18.3 Å². The molecule has 4 nitrogen and oxygen atoms in total. The van der Waals surface area contributed by atoms with Gasteiger partial charge in [0.1, 0.15) is 22.9 Å². The molecule has 0 spiro atoms. The number of halogens is 1. The van der Waals surface area contributed by atoms with Gasteiger partial charge in [0.15, 0.2) is 0 Å². The lowest BCUT2D eigenvalue weighted by atomic mass is 10.0. The predicted octanol–water partition coefficient (Wildman–Crippen LogP) is 3.92. The molecule has 118 valence electrons. The Morgan fingerprint density at radius 1 is 1.22 bits per heavy atom. The van der Waals surface area contributed by atoms with Crippen molar-refractivity contribution in [1.29, 1.82) is 0 Å². The van der Waals surface area contributed by atoms with Crippen molar-refractivity contribution in [2.75, 3.05) is 14.2 Å². The van der Waals surface area contributed by atoms with Crippen LogP contribution in [0.3, 0.4) is 0 Å². The van der Waals surface area contributed by atoms with Crippen LogP contribution in [0.15, 0.2) is 40.8 Å². The molecule has 1 amide bonds. The summed E-state index contributed by atoms with van der Waals surface area (Å²) in [5.41, 5.74) is 1.96. The molecule has 1 heterocycles. The van der Waals surface area contributed by atoms with Gasteiger partial charge in [-0.25, -0.2) is 4.39 Å². The van der Waals surface area contributed by atoms with Crippen LogP contribution in [0.1, 0.15) is 15.9 Å². The zero-order chi connectivity index (χ0) is 16.6. The lowest BCUT2D eigenvalue weighted by Crippen LogP contribution is -2.18. The third-order valence-corrected chi connectivity index (χ3v) is 3.78. The number of carbonyl (C=O) groups is 1. The highest BCUT2D eigenvalue weighted by Crippen LogP contribution is 2.36. The molecule has 0 atom stereocenters. The number of hydrogen-bond acceptors (Lipinski definition) is 3. The topological polar surface area (TPSA) is 51.5 Å². The molecule has 0 bridgehead atoms. The average Bonchev–Trinajstić information content (AvgIpc) is 2.95. The van der Waals surface area contributed by atoms with Crippen molar-refractivity contribution in [3.05, 3.63) is 53.3 Å². The van der Waals surface area contributed by atoms with Crippen molar-refractivity contribution in [3.8, 4) is 17.1 Å². The maximum atomic E-state index is 13.9. The number of amides is 1.